The second kappa shape index (κ2) is 5.82. The van der Waals surface area contributed by atoms with Crippen molar-refractivity contribution < 1.29 is 13.2 Å². The fourth-order valence-electron chi connectivity index (χ4n) is 2.43. The van der Waals surface area contributed by atoms with E-state index in [-0.39, 0.29) is 15.8 Å². The molecule has 1 atom stereocenters. The maximum absolute atomic E-state index is 12.7. The number of carbonyl (C=O) groups is 1. The molecule has 116 valence electrons. The first-order valence-corrected chi connectivity index (χ1v) is 8.35. The highest BCUT2D eigenvalue weighted by Gasteiger charge is 2.40. The van der Waals surface area contributed by atoms with Crippen LogP contribution in [0, 0.1) is 0 Å². The van der Waals surface area contributed by atoms with Gasteiger partial charge in [0.1, 0.15) is 10.9 Å². The molecule has 0 aromatic heterocycles. The lowest BCUT2D eigenvalue weighted by molar-refractivity contribution is -0.132. The first-order chi connectivity index (χ1) is 9.75. The Kier molecular flexibility index (Phi) is 4.46. The number of halogens is 1. The van der Waals surface area contributed by atoms with Crippen molar-refractivity contribution in [2.45, 2.75) is 23.8 Å². The molecule has 1 heterocycles. The molecule has 0 radical (unpaired) electrons. The number of likely N-dealkylation sites (N-methyl/N-ethyl adjacent to an activating group) is 1. The average molecular weight is 332 g/mol. The van der Waals surface area contributed by atoms with E-state index in [0.29, 0.717) is 25.1 Å². The number of hydrogen-bond donors (Lipinski definition) is 1. The van der Waals surface area contributed by atoms with Crippen LogP contribution in [0.2, 0.25) is 5.02 Å². The van der Waals surface area contributed by atoms with Gasteiger partial charge in [-0.05, 0) is 31.0 Å². The molecule has 0 spiro atoms. The highest BCUT2D eigenvalue weighted by atomic mass is 35.5. The third-order valence-corrected chi connectivity index (χ3v) is 5.86. The molecule has 1 saturated heterocycles. The summed E-state index contributed by atoms with van der Waals surface area (Å²) < 4.78 is 26.7. The summed E-state index contributed by atoms with van der Waals surface area (Å²) in [5.41, 5.74) is 5.98. The van der Waals surface area contributed by atoms with Gasteiger partial charge in [0.2, 0.25) is 15.9 Å². The van der Waals surface area contributed by atoms with Crippen molar-refractivity contribution in [2.75, 3.05) is 26.4 Å². The number of nitrogen functional groups attached to an aromatic ring is 1. The molecule has 8 heteroatoms. The van der Waals surface area contributed by atoms with Crippen LogP contribution < -0.4 is 5.73 Å². The third-order valence-electron chi connectivity index (χ3n) is 3.47. The Morgan fingerprint density at radius 2 is 2.10 bits per heavy atom. The van der Waals surface area contributed by atoms with Crippen molar-refractivity contribution in [1.82, 2.24) is 9.21 Å². The first-order valence-electron chi connectivity index (χ1n) is 6.53. The highest BCUT2D eigenvalue weighted by Crippen LogP contribution is 2.31. The van der Waals surface area contributed by atoms with Gasteiger partial charge in [-0.2, -0.15) is 4.31 Å². The zero-order chi connectivity index (χ0) is 15.8. The van der Waals surface area contributed by atoms with Crippen molar-refractivity contribution in [3.63, 3.8) is 0 Å². The minimum Gasteiger partial charge on any atom is -0.399 e. The Labute approximate surface area is 129 Å². The van der Waals surface area contributed by atoms with Crippen LogP contribution >= 0.6 is 11.6 Å². The van der Waals surface area contributed by atoms with Gasteiger partial charge in [0.15, 0.2) is 0 Å². The molecule has 0 aliphatic carbocycles. The molecule has 0 saturated carbocycles. The lowest BCUT2D eigenvalue weighted by atomic mass is 10.2. The van der Waals surface area contributed by atoms with Gasteiger partial charge < -0.3 is 10.6 Å². The summed E-state index contributed by atoms with van der Waals surface area (Å²) in [6, 6.07) is 3.59. The SMILES string of the molecule is CN(C)C(=O)C1CCCN1S(=O)(=O)c1ccc(N)cc1Cl. The molecular weight excluding hydrogens is 314 g/mol. The largest absolute Gasteiger partial charge is 0.399 e. The van der Waals surface area contributed by atoms with Crippen molar-refractivity contribution >= 4 is 33.2 Å². The molecule has 1 aliphatic heterocycles. The number of nitrogens with zero attached hydrogens (tertiary/aromatic N) is 2. The van der Waals surface area contributed by atoms with E-state index in [1.54, 1.807) is 14.1 Å². The zero-order valence-electron chi connectivity index (χ0n) is 11.9. The number of nitrogens with two attached hydrogens (primary N) is 1. The minimum absolute atomic E-state index is 0.0168. The average Bonchev–Trinajstić information content (AvgIpc) is 2.86. The Morgan fingerprint density at radius 1 is 1.43 bits per heavy atom. The van der Waals surface area contributed by atoms with Gasteiger partial charge in [0, 0.05) is 26.3 Å². The van der Waals surface area contributed by atoms with Gasteiger partial charge in [-0.3, -0.25) is 4.79 Å². The normalized spacial score (nSPS) is 19.7. The topological polar surface area (TPSA) is 83.7 Å². The van der Waals surface area contributed by atoms with Crippen LogP contribution in [0.1, 0.15) is 12.8 Å². The molecule has 2 N–H and O–H groups in total. The monoisotopic (exact) mass is 331 g/mol. The first kappa shape index (κ1) is 16.1. The van der Waals surface area contributed by atoms with E-state index in [1.165, 1.54) is 27.4 Å². The standard InChI is InChI=1S/C13H18ClN3O3S/c1-16(2)13(18)11-4-3-7-17(11)21(19,20)12-6-5-9(15)8-10(12)14/h5-6,8,11H,3-4,7,15H2,1-2H3. The number of hydrogen-bond acceptors (Lipinski definition) is 4. The van der Waals surface area contributed by atoms with Crippen molar-refractivity contribution in [2.24, 2.45) is 0 Å². The van der Waals surface area contributed by atoms with E-state index in [1.807, 2.05) is 0 Å². The number of amides is 1. The van der Waals surface area contributed by atoms with E-state index in [0.717, 1.165) is 0 Å². The van der Waals surface area contributed by atoms with Gasteiger partial charge >= 0.3 is 0 Å². The summed E-state index contributed by atoms with van der Waals surface area (Å²) in [7, 11) is -0.590. The number of benzene rings is 1. The zero-order valence-corrected chi connectivity index (χ0v) is 13.5. The number of anilines is 1. The quantitative estimate of drug-likeness (QED) is 0.842. The summed E-state index contributed by atoms with van der Waals surface area (Å²) in [6.45, 7) is 0.313. The predicted octanol–water partition coefficient (Wildman–Crippen LogP) is 1.16. The predicted molar refractivity (Wildman–Crippen MR) is 81.5 cm³/mol. The van der Waals surface area contributed by atoms with Gasteiger partial charge in [-0.1, -0.05) is 11.6 Å². The van der Waals surface area contributed by atoms with Crippen LogP contribution in [0.5, 0.6) is 0 Å². The van der Waals surface area contributed by atoms with E-state index >= 15 is 0 Å². The minimum atomic E-state index is -3.82. The van der Waals surface area contributed by atoms with Gasteiger partial charge in [0.05, 0.1) is 5.02 Å². The molecule has 1 fully saturated rings. The van der Waals surface area contributed by atoms with Crippen LogP contribution in [-0.2, 0) is 14.8 Å². The number of carbonyl (C=O) groups excluding carboxylic acids is 1. The second-order valence-electron chi connectivity index (χ2n) is 5.20. The molecule has 1 unspecified atom stereocenters. The molecule has 1 aromatic carbocycles. The lowest BCUT2D eigenvalue weighted by Gasteiger charge is -2.26. The van der Waals surface area contributed by atoms with Crippen LogP contribution in [0.3, 0.4) is 0 Å². The summed E-state index contributed by atoms with van der Waals surface area (Å²) in [6.07, 6.45) is 1.17. The van der Waals surface area contributed by atoms with Crippen LogP contribution in [0.15, 0.2) is 23.1 Å². The third kappa shape index (κ3) is 3.00. The molecular formula is C13H18ClN3O3S. The highest BCUT2D eigenvalue weighted by molar-refractivity contribution is 7.89. The molecule has 0 bridgehead atoms. The van der Waals surface area contributed by atoms with Crippen molar-refractivity contribution in [3.8, 4) is 0 Å². The van der Waals surface area contributed by atoms with Crippen molar-refractivity contribution in [1.29, 1.82) is 0 Å². The molecule has 1 amide bonds. The summed E-state index contributed by atoms with van der Waals surface area (Å²) in [4.78, 5) is 13.5. The Hall–Kier alpha value is -1.31. The molecule has 1 aromatic rings. The molecule has 1 aliphatic rings. The summed E-state index contributed by atoms with van der Waals surface area (Å²) >= 11 is 6.00. The number of sulfonamides is 1. The maximum Gasteiger partial charge on any atom is 0.245 e. The van der Waals surface area contributed by atoms with E-state index in [2.05, 4.69) is 0 Å². The van der Waals surface area contributed by atoms with Crippen LogP contribution in [0.4, 0.5) is 5.69 Å². The Balaban J connectivity index is 2.41. The Morgan fingerprint density at radius 3 is 2.67 bits per heavy atom. The van der Waals surface area contributed by atoms with E-state index in [4.69, 9.17) is 17.3 Å². The molecule has 6 nitrogen and oxygen atoms in total. The van der Waals surface area contributed by atoms with Gasteiger partial charge in [-0.15, -0.1) is 0 Å². The second-order valence-corrected chi connectivity index (χ2v) is 7.46. The number of rotatable bonds is 3. The summed E-state index contributed by atoms with van der Waals surface area (Å²) in [5, 5.41) is 0.0675. The van der Waals surface area contributed by atoms with Gasteiger partial charge in [0.25, 0.3) is 0 Å². The van der Waals surface area contributed by atoms with Crippen LogP contribution in [0.25, 0.3) is 0 Å². The van der Waals surface area contributed by atoms with E-state index < -0.39 is 16.1 Å². The molecule has 21 heavy (non-hydrogen) atoms. The lowest BCUT2D eigenvalue weighted by Crippen LogP contribution is -2.45. The van der Waals surface area contributed by atoms with Gasteiger partial charge in [-0.25, -0.2) is 8.42 Å². The fourth-order valence-corrected chi connectivity index (χ4v) is 4.60. The van der Waals surface area contributed by atoms with Crippen LogP contribution in [-0.4, -0.2) is 50.2 Å². The van der Waals surface area contributed by atoms with Crippen molar-refractivity contribution in [3.05, 3.63) is 23.2 Å². The van der Waals surface area contributed by atoms with E-state index in [9.17, 15) is 13.2 Å². The smallest absolute Gasteiger partial charge is 0.245 e. The molecule has 2 rings (SSSR count). The summed E-state index contributed by atoms with van der Waals surface area (Å²) in [5.74, 6) is -0.220. The maximum atomic E-state index is 12.7. The fraction of sp³-hybridized carbons (Fsp3) is 0.462. The Bertz CT molecular complexity index is 661.